The minimum Gasteiger partial charge on any atom is -0.258 e. The molecule has 0 bridgehead atoms. The zero-order valence-corrected chi connectivity index (χ0v) is 12.8. The summed E-state index contributed by atoms with van der Waals surface area (Å²) >= 11 is 3.17. The highest BCUT2D eigenvalue weighted by atomic mass is 32.1. The maximum absolute atomic E-state index is 10.8. The molecule has 3 rings (SSSR count). The lowest BCUT2D eigenvalue weighted by molar-refractivity contribution is -0.384. The topological polar surface area (TPSA) is 68.9 Å². The van der Waals surface area contributed by atoms with Crippen molar-refractivity contribution in [1.82, 2.24) is 9.97 Å². The maximum atomic E-state index is 10.8. The van der Waals surface area contributed by atoms with Crippen molar-refractivity contribution in [3.63, 3.8) is 0 Å². The number of nitro benzene ring substituents is 1. The highest BCUT2D eigenvalue weighted by Gasteiger charge is 2.11. The number of nitrogens with zero attached hydrogens (tertiary/aromatic N) is 3. The lowest BCUT2D eigenvalue weighted by Gasteiger charge is -1.96. The minimum absolute atomic E-state index is 0.0811. The van der Waals surface area contributed by atoms with Crippen LogP contribution in [0.2, 0.25) is 0 Å². The SMILES string of the molecule is Cc1csc(Cc2nc(-c3cccc([N+](=O)[O-])c3)cs2)n1. The van der Waals surface area contributed by atoms with Crippen LogP contribution < -0.4 is 0 Å². The lowest BCUT2D eigenvalue weighted by atomic mass is 10.1. The van der Waals surface area contributed by atoms with E-state index in [2.05, 4.69) is 9.97 Å². The second kappa shape index (κ2) is 5.71. The van der Waals surface area contributed by atoms with E-state index >= 15 is 0 Å². The van der Waals surface area contributed by atoms with Gasteiger partial charge in [-0.3, -0.25) is 10.1 Å². The second-order valence-electron chi connectivity index (χ2n) is 4.49. The Morgan fingerprint density at radius 2 is 1.95 bits per heavy atom. The van der Waals surface area contributed by atoms with Crippen molar-refractivity contribution in [2.75, 3.05) is 0 Å². The fourth-order valence-electron chi connectivity index (χ4n) is 1.92. The summed E-state index contributed by atoms with van der Waals surface area (Å²) in [4.78, 5) is 19.4. The average molecular weight is 317 g/mol. The molecule has 1 aromatic carbocycles. The molecule has 0 N–H and O–H groups in total. The zero-order valence-electron chi connectivity index (χ0n) is 11.1. The maximum Gasteiger partial charge on any atom is 0.270 e. The van der Waals surface area contributed by atoms with Crippen LogP contribution in [0, 0.1) is 17.0 Å². The van der Waals surface area contributed by atoms with Crippen LogP contribution in [0.3, 0.4) is 0 Å². The van der Waals surface area contributed by atoms with Gasteiger partial charge in [-0.2, -0.15) is 0 Å². The Bertz CT molecular complexity index is 795. The van der Waals surface area contributed by atoms with Crippen LogP contribution in [0.5, 0.6) is 0 Å². The number of aromatic nitrogens is 2. The van der Waals surface area contributed by atoms with Gasteiger partial charge in [0.2, 0.25) is 0 Å². The predicted octanol–water partition coefficient (Wildman–Crippen LogP) is 4.07. The quantitative estimate of drug-likeness (QED) is 0.537. The largest absolute Gasteiger partial charge is 0.270 e. The van der Waals surface area contributed by atoms with Crippen molar-refractivity contribution >= 4 is 28.4 Å². The number of benzene rings is 1. The summed E-state index contributed by atoms with van der Waals surface area (Å²) in [6.07, 6.45) is 0.706. The Morgan fingerprint density at radius 1 is 1.19 bits per heavy atom. The van der Waals surface area contributed by atoms with Gasteiger partial charge in [0, 0.05) is 34.2 Å². The molecule has 21 heavy (non-hydrogen) atoms. The number of aryl methyl sites for hydroxylation is 1. The van der Waals surface area contributed by atoms with E-state index in [0.29, 0.717) is 6.42 Å². The number of nitro groups is 1. The van der Waals surface area contributed by atoms with Crippen LogP contribution in [0.4, 0.5) is 5.69 Å². The fraction of sp³-hybridized carbons (Fsp3) is 0.143. The first kappa shape index (κ1) is 13.8. The first-order valence-electron chi connectivity index (χ1n) is 6.22. The van der Waals surface area contributed by atoms with Crippen LogP contribution in [-0.2, 0) is 6.42 Å². The third-order valence-electron chi connectivity index (χ3n) is 2.87. The fourth-order valence-corrected chi connectivity index (χ4v) is 3.59. The average Bonchev–Trinajstić information content (AvgIpc) is 3.09. The Hall–Kier alpha value is -2.12. The number of rotatable bonds is 4. The lowest BCUT2D eigenvalue weighted by Crippen LogP contribution is -1.89. The molecule has 2 aromatic heterocycles. The summed E-state index contributed by atoms with van der Waals surface area (Å²) < 4.78 is 0. The van der Waals surface area contributed by atoms with Gasteiger partial charge in [0.25, 0.3) is 5.69 Å². The van der Waals surface area contributed by atoms with Gasteiger partial charge < -0.3 is 0 Å². The van der Waals surface area contributed by atoms with E-state index in [9.17, 15) is 10.1 Å². The van der Waals surface area contributed by atoms with Gasteiger partial charge in [-0.1, -0.05) is 12.1 Å². The Labute approximate surface area is 129 Å². The Kier molecular flexibility index (Phi) is 3.76. The molecule has 0 saturated carbocycles. The molecule has 0 aliphatic rings. The molecular weight excluding hydrogens is 306 g/mol. The van der Waals surface area contributed by atoms with Gasteiger partial charge in [0.05, 0.1) is 22.0 Å². The van der Waals surface area contributed by atoms with Crippen molar-refractivity contribution in [1.29, 1.82) is 0 Å². The molecule has 0 saturated heterocycles. The van der Waals surface area contributed by atoms with Gasteiger partial charge in [-0.05, 0) is 6.92 Å². The summed E-state index contributed by atoms with van der Waals surface area (Å²) in [6, 6.07) is 6.54. The van der Waals surface area contributed by atoms with Crippen molar-refractivity contribution in [2.45, 2.75) is 13.3 Å². The number of hydrogen-bond donors (Lipinski definition) is 0. The molecule has 5 nitrogen and oxygen atoms in total. The van der Waals surface area contributed by atoms with Crippen LogP contribution in [-0.4, -0.2) is 14.9 Å². The van der Waals surface area contributed by atoms with Crippen molar-refractivity contribution in [3.05, 3.63) is 60.8 Å². The molecule has 0 fully saturated rings. The highest BCUT2D eigenvalue weighted by Crippen LogP contribution is 2.26. The second-order valence-corrected chi connectivity index (χ2v) is 6.38. The number of non-ortho nitro benzene ring substituents is 1. The molecule has 0 unspecified atom stereocenters. The Balaban J connectivity index is 1.84. The molecule has 0 aliphatic heterocycles. The normalized spacial score (nSPS) is 10.7. The summed E-state index contributed by atoms with van der Waals surface area (Å²) in [5.41, 5.74) is 2.64. The van der Waals surface area contributed by atoms with E-state index in [1.807, 2.05) is 23.8 Å². The smallest absolute Gasteiger partial charge is 0.258 e. The first-order valence-corrected chi connectivity index (χ1v) is 7.98. The summed E-state index contributed by atoms with van der Waals surface area (Å²) in [5.74, 6) is 0. The van der Waals surface area contributed by atoms with Crippen LogP contribution in [0.1, 0.15) is 15.7 Å². The van der Waals surface area contributed by atoms with E-state index in [1.54, 1.807) is 34.8 Å². The Morgan fingerprint density at radius 3 is 2.67 bits per heavy atom. The van der Waals surface area contributed by atoms with Crippen molar-refractivity contribution in [2.24, 2.45) is 0 Å². The van der Waals surface area contributed by atoms with Crippen molar-refractivity contribution < 1.29 is 4.92 Å². The monoisotopic (exact) mass is 317 g/mol. The predicted molar refractivity (Wildman–Crippen MR) is 83.9 cm³/mol. The van der Waals surface area contributed by atoms with Gasteiger partial charge in [-0.25, -0.2) is 9.97 Å². The van der Waals surface area contributed by atoms with E-state index in [0.717, 1.165) is 27.0 Å². The van der Waals surface area contributed by atoms with Crippen LogP contribution in [0.25, 0.3) is 11.3 Å². The highest BCUT2D eigenvalue weighted by molar-refractivity contribution is 7.11. The van der Waals surface area contributed by atoms with Crippen molar-refractivity contribution in [3.8, 4) is 11.3 Å². The zero-order chi connectivity index (χ0) is 14.8. The third kappa shape index (κ3) is 3.14. The van der Waals surface area contributed by atoms with E-state index in [1.165, 1.54) is 6.07 Å². The molecule has 0 aliphatic carbocycles. The summed E-state index contributed by atoms with van der Waals surface area (Å²) in [6.45, 7) is 1.97. The van der Waals surface area contributed by atoms with Gasteiger partial charge in [0.1, 0.15) is 5.01 Å². The number of hydrogen-bond acceptors (Lipinski definition) is 6. The van der Waals surface area contributed by atoms with E-state index in [4.69, 9.17) is 0 Å². The molecule has 0 radical (unpaired) electrons. The minimum atomic E-state index is -0.394. The van der Waals surface area contributed by atoms with Crippen LogP contribution in [0.15, 0.2) is 35.0 Å². The van der Waals surface area contributed by atoms with Gasteiger partial charge in [-0.15, -0.1) is 22.7 Å². The standard InChI is InChI=1S/C14H11N3O2S2/c1-9-7-20-13(15-9)6-14-16-12(8-21-14)10-3-2-4-11(5-10)17(18)19/h2-5,7-8H,6H2,1H3. The summed E-state index contributed by atoms with van der Waals surface area (Å²) in [5, 5.41) is 16.8. The molecule has 0 atom stereocenters. The molecule has 0 amide bonds. The molecular formula is C14H11N3O2S2. The van der Waals surface area contributed by atoms with E-state index < -0.39 is 4.92 Å². The first-order chi connectivity index (χ1) is 10.1. The molecule has 7 heteroatoms. The summed E-state index contributed by atoms with van der Waals surface area (Å²) in [7, 11) is 0. The molecule has 106 valence electrons. The molecule has 2 heterocycles. The third-order valence-corrected chi connectivity index (χ3v) is 4.69. The van der Waals surface area contributed by atoms with Gasteiger partial charge in [0.15, 0.2) is 0 Å². The van der Waals surface area contributed by atoms with Crippen LogP contribution >= 0.6 is 22.7 Å². The van der Waals surface area contributed by atoms with Gasteiger partial charge >= 0.3 is 0 Å². The van der Waals surface area contributed by atoms with E-state index in [-0.39, 0.29) is 5.69 Å². The molecule has 3 aromatic rings. The molecule has 0 spiro atoms. The number of thiazole rings is 2.